The predicted octanol–water partition coefficient (Wildman–Crippen LogP) is 6.44. The van der Waals surface area contributed by atoms with Gasteiger partial charge < -0.3 is 15.0 Å². The van der Waals surface area contributed by atoms with E-state index in [0.717, 1.165) is 36.4 Å². The van der Waals surface area contributed by atoms with Gasteiger partial charge in [-0.15, -0.1) is 0 Å². The van der Waals surface area contributed by atoms with Crippen molar-refractivity contribution >= 4 is 43.5 Å². The van der Waals surface area contributed by atoms with Crippen LogP contribution >= 0.6 is 15.9 Å². The van der Waals surface area contributed by atoms with Crippen molar-refractivity contribution in [3.05, 3.63) is 88.6 Å². The fourth-order valence-electron chi connectivity index (χ4n) is 5.39. The Labute approximate surface area is 267 Å². The predicted molar refractivity (Wildman–Crippen MR) is 172 cm³/mol. The average Bonchev–Trinajstić information content (AvgIpc) is 3.02. The molecule has 8 nitrogen and oxygen atoms in total. The molecule has 236 valence electrons. The molecular weight excluding hydrogens is 649 g/mol. The van der Waals surface area contributed by atoms with Crippen LogP contribution in [0.3, 0.4) is 0 Å². The maximum atomic E-state index is 14.2. The van der Waals surface area contributed by atoms with Crippen molar-refractivity contribution in [3.8, 4) is 5.75 Å². The zero-order valence-electron chi connectivity index (χ0n) is 25.0. The molecule has 0 bridgehead atoms. The monoisotopic (exact) mass is 687 g/mol. The highest BCUT2D eigenvalue weighted by Crippen LogP contribution is 2.28. The third-order valence-corrected chi connectivity index (χ3v) is 10.0. The summed E-state index contributed by atoms with van der Waals surface area (Å²) in [5.74, 6) is -0.698. The second-order valence-electron chi connectivity index (χ2n) is 10.8. The van der Waals surface area contributed by atoms with E-state index < -0.39 is 34.3 Å². The van der Waals surface area contributed by atoms with E-state index in [9.17, 15) is 22.4 Å². The fraction of sp³-hybridized carbons (Fsp3) is 0.394. The highest BCUT2D eigenvalue weighted by atomic mass is 79.9. The number of anilines is 1. The Hall–Kier alpha value is -3.44. The number of sulfonamides is 1. The first kappa shape index (κ1) is 33.5. The van der Waals surface area contributed by atoms with E-state index in [1.165, 1.54) is 29.2 Å². The lowest BCUT2D eigenvalue weighted by molar-refractivity contribution is -0.140. The van der Waals surface area contributed by atoms with Crippen molar-refractivity contribution in [1.29, 1.82) is 0 Å². The number of benzene rings is 3. The quantitative estimate of drug-likeness (QED) is 0.223. The fourth-order valence-corrected chi connectivity index (χ4v) is 7.07. The summed E-state index contributed by atoms with van der Waals surface area (Å²) in [6.07, 6.45) is 5.27. The summed E-state index contributed by atoms with van der Waals surface area (Å²) < 4.78 is 49.1. The van der Waals surface area contributed by atoms with Gasteiger partial charge >= 0.3 is 0 Å². The van der Waals surface area contributed by atoms with E-state index in [-0.39, 0.29) is 29.1 Å². The second kappa shape index (κ2) is 15.5. The zero-order chi connectivity index (χ0) is 31.7. The third kappa shape index (κ3) is 8.59. The van der Waals surface area contributed by atoms with Gasteiger partial charge in [0.25, 0.3) is 10.0 Å². The topological polar surface area (TPSA) is 96.0 Å². The maximum Gasteiger partial charge on any atom is 0.264 e. The van der Waals surface area contributed by atoms with Gasteiger partial charge in [0.2, 0.25) is 11.8 Å². The number of nitrogens with one attached hydrogen (secondary N) is 1. The molecule has 0 saturated heterocycles. The molecule has 1 aliphatic rings. The first-order chi connectivity index (χ1) is 21.1. The van der Waals surface area contributed by atoms with Gasteiger partial charge in [-0.05, 0) is 92.4 Å². The van der Waals surface area contributed by atoms with E-state index in [0.29, 0.717) is 28.8 Å². The minimum absolute atomic E-state index is 0.00511. The van der Waals surface area contributed by atoms with Crippen LogP contribution in [-0.4, -0.2) is 50.4 Å². The van der Waals surface area contributed by atoms with Crippen molar-refractivity contribution in [2.45, 2.75) is 75.9 Å². The molecule has 3 aromatic rings. The standard InChI is InChI=1S/C33H39BrFN3O5S/c1-3-31(33(40)36-27-8-6-5-7-9-27)37(22-24-10-14-26(35)15-11-24)32(39)23-38(28-16-18-29(19-17-28)43-4-2)44(41,42)30-20-12-25(34)13-21-30/h10-21,27,31H,3-9,22-23H2,1-2H3,(H,36,40)/t31-/m1/s1. The van der Waals surface area contributed by atoms with Gasteiger partial charge in [-0.25, -0.2) is 12.8 Å². The number of carbonyl (C=O) groups excluding carboxylic acids is 2. The number of nitrogens with zero attached hydrogens (tertiary/aromatic N) is 2. The number of amides is 2. The summed E-state index contributed by atoms with van der Waals surface area (Å²) in [5.41, 5.74) is 0.887. The Bertz CT molecular complexity index is 1500. The summed E-state index contributed by atoms with van der Waals surface area (Å²) in [6, 6.07) is 17.5. The van der Waals surface area contributed by atoms with Crippen LogP contribution in [0.4, 0.5) is 10.1 Å². The lowest BCUT2D eigenvalue weighted by atomic mass is 9.95. The molecule has 3 aromatic carbocycles. The van der Waals surface area contributed by atoms with Crippen LogP contribution in [0.25, 0.3) is 0 Å². The Morgan fingerprint density at radius 1 is 0.955 bits per heavy atom. The van der Waals surface area contributed by atoms with Gasteiger partial charge in [0, 0.05) is 17.1 Å². The summed E-state index contributed by atoms with van der Waals surface area (Å²) in [7, 11) is -4.20. The molecule has 44 heavy (non-hydrogen) atoms. The van der Waals surface area contributed by atoms with Crippen molar-refractivity contribution in [2.24, 2.45) is 0 Å². The Morgan fingerprint density at radius 3 is 2.18 bits per heavy atom. The molecule has 1 N–H and O–H groups in total. The minimum Gasteiger partial charge on any atom is -0.494 e. The lowest BCUT2D eigenvalue weighted by Gasteiger charge is -2.34. The van der Waals surface area contributed by atoms with Gasteiger partial charge in [0.1, 0.15) is 24.2 Å². The van der Waals surface area contributed by atoms with Crippen LogP contribution in [0, 0.1) is 5.82 Å². The SMILES string of the molecule is CCOc1ccc(N(CC(=O)N(Cc2ccc(F)cc2)[C@H](CC)C(=O)NC2CCCCC2)S(=O)(=O)c2ccc(Br)cc2)cc1. The van der Waals surface area contributed by atoms with Gasteiger partial charge in [-0.1, -0.05) is 54.2 Å². The molecule has 2 amide bonds. The van der Waals surface area contributed by atoms with E-state index in [4.69, 9.17) is 4.74 Å². The van der Waals surface area contributed by atoms with Crippen molar-refractivity contribution in [1.82, 2.24) is 10.2 Å². The van der Waals surface area contributed by atoms with Crippen LogP contribution in [0.5, 0.6) is 5.75 Å². The van der Waals surface area contributed by atoms with E-state index in [1.807, 2.05) is 13.8 Å². The number of halogens is 2. The van der Waals surface area contributed by atoms with Gasteiger partial charge in [-0.2, -0.15) is 0 Å². The summed E-state index contributed by atoms with van der Waals surface area (Å²) >= 11 is 3.34. The summed E-state index contributed by atoms with van der Waals surface area (Å²) in [4.78, 5) is 29.3. The molecule has 1 fully saturated rings. The van der Waals surface area contributed by atoms with Crippen LogP contribution in [0.2, 0.25) is 0 Å². The molecule has 4 rings (SSSR count). The average molecular weight is 689 g/mol. The van der Waals surface area contributed by atoms with E-state index >= 15 is 0 Å². The summed E-state index contributed by atoms with van der Waals surface area (Å²) in [5, 5.41) is 3.12. The molecule has 0 aliphatic heterocycles. The van der Waals surface area contributed by atoms with Crippen molar-refractivity contribution in [2.75, 3.05) is 17.5 Å². The van der Waals surface area contributed by atoms with Crippen molar-refractivity contribution < 1.29 is 27.1 Å². The van der Waals surface area contributed by atoms with Crippen LogP contribution in [0.15, 0.2) is 82.2 Å². The normalized spacial score (nSPS) is 14.5. The Balaban J connectivity index is 1.70. The van der Waals surface area contributed by atoms with Gasteiger partial charge in [-0.3, -0.25) is 13.9 Å². The Kier molecular flexibility index (Phi) is 11.8. The molecule has 0 heterocycles. The van der Waals surface area contributed by atoms with Gasteiger partial charge in [0.15, 0.2) is 0 Å². The molecule has 0 spiro atoms. The molecule has 11 heteroatoms. The largest absolute Gasteiger partial charge is 0.494 e. The molecular formula is C33H39BrFN3O5S. The lowest BCUT2D eigenvalue weighted by Crippen LogP contribution is -2.54. The minimum atomic E-state index is -4.20. The van der Waals surface area contributed by atoms with E-state index in [1.54, 1.807) is 48.5 Å². The molecule has 0 radical (unpaired) electrons. The smallest absolute Gasteiger partial charge is 0.264 e. The number of carbonyl (C=O) groups is 2. The highest BCUT2D eigenvalue weighted by Gasteiger charge is 2.34. The first-order valence-corrected chi connectivity index (χ1v) is 17.2. The molecule has 0 aromatic heterocycles. The number of rotatable bonds is 13. The van der Waals surface area contributed by atoms with Crippen LogP contribution in [-0.2, 0) is 26.2 Å². The van der Waals surface area contributed by atoms with Gasteiger partial charge in [0.05, 0.1) is 17.2 Å². The second-order valence-corrected chi connectivity index (χ2v) is 13.6. The molecule has 1 aliphatic carbocycles. The van der Waals surface area contributed by atoms with Crippen LogP contribution < -0.4 is 14.4 Å². The highest BCUT2D eigenvalue weighted by molar-refractivity contribution is 9.10. The Morgan fingerprint density at radius 2 is 1.59 bits per heavy atom. The summed E-state index contributed by atoms with van der Waals surface area (Å²) in [6.45, 7) is 3.56. The molecule has 1 atom stereocenters. The molecule has 1 saturated carbocycles. The van der Waals surface area contributed by atoms with Crippen LogP contribution in [0.1, 0.15) is 57.9 Å². The number of hydrogen-bond acceptors (Lipinski definition) is 5. The zero-order valence-corrected chi connectivity index (χ0v) is 27.4. The first-order valence-electron chi connectivity index (χ1n) is 15.0. The maximum absolute atomic E-state index is 14.2. The number of hydrogen-bond donors (Lipinski definition) is 1. The van der Waals surface area contributed by atoms with Crippen molar-refractivity contribution in [3.63, 3.8) is 0 Å². The third-order valence-electron chi connectivity index (χ3n) is 7.72. The molecule has 0 unspecified atom stereocenters. The number of ether oxygens (including phenoxy) is 1. The van der Waals surface area contributed by atoms with E-state index in [2.05, 4.69) is 21.2 Å².